The molecule has 0 aliphatic carbocycles. The number of aliphatic hydroxyl groups is 1. The molecule has 116 valence electrons. The van der Waals surface area contributed by atoms with Crippen LogP contribution in [0.2, 0.25) is 0 Å². The van der Waals surface area contributed by atoms with Gasteiger partial charge in [0.05, 0.1) is 6.10 Å². The Bertz CT molecular complexity index is 517. The summed E-state index contributed by atoms with van der Waals surface area (Å²) >= 11 is 1.78. The molecular weight excluding hydrogens is 276 g/mol. The van der Waals surface area contributed by atoms with Crippen LogP contribution in [0.1, 0.15) is 63.9 Å². The van der Waals surface area contributed by atoms with Gasteiger partial charge >= 0.3 is 0 Å². The maximum absolute atomic E-state index is 10.2. The Morgan fingerprint density at radius 3 is 2.52 bits per heavy atom. The summed E-state index contributed by atoms with van der Waals surface area (Å²) in [4.78, 5) is 0. The van der Waals surface area contributed by atoms with E-state index in [0.717, 1.165) is 19.3 Å². The smallest absolute Gasteiger partial charge is 0.0581 e. The first-order valence-electron chi connectivity index (χ1n) is 8.44. The topological polar surface area (TPSA) is 20.2 Å². The van der Waals surface area contributed by atoms with Crippen LogP contribution in [0, 0.1) is 0 Å². The summed E-state index contributed by atoms with van der Waals surface area (Å²) < 4.78 is 1.33. The highest BCUT2D eigenvalue weighted by molar-refractivity contribution is 7.17. The van der Waals surface area contributed by atoms with Gasteiger partial charge in [-0.1, -0.05) is 70.1 Å². The molecule has 1 unspecified atom stereocenters. The van der Waals surface area contributed by atoms with E-state index in [0.29, 0.717) is 0 Å². The molecule has 0 fully saturated rings. The van der Waals surface area contributed by atoms with Gasteiger partial charge in [-0.15, -0.1) is 11.3 Å². The third-order valence-electron chi connectivity index (χ3n) is 4.16. The van der Waals surface area contributed by atoms with E-state index in [1.165, 1.54) is 54.2 Å². The van der Waals surface area contributed by atoms with E-state index in [9.17, 15) is 5.11 Å². The molecule has 1 atom stereocenters. The first-order valence-corrected chi connectivity index (χ1v) is 9.32. The van der Waals surface area contributed by atoms with Crippen molar-refractivity contribution in [1.29, 1.82) is 0 Å². The number of hydrogen-bond donors (Lipinski definition) is 1. The molecule has 0 aliphatic rings. The van der Waals surface area contributed by atoms with Gasteiger partial charge in [0.2, 0.25) is 0 Å². The fourth-order valence-electron chi connectivity index (χ4n) is 2.88. The second kappa shape index (κ2) is 9.22. The Hall–Kier alpha value is -0.860. The molecule has 2 heteroatoms. The Labute approximate surface area is 133 Å². The molecule has 2 rings (SSSR count). The lowest BCUT2D eigenvalue weighted by molar-refractivity contribution is 0.161. The van der Waals surface area contributed by atoms with Crippen molar-refractivity contribution < 1.29 is 5.11 Å². The normalized spacial score (nSPS) is 12.9. The number of benzene rings is 1. The van der Waals surface area contributed by atoms with Crippen LogP contribution in [0.25, 0.3) is 10.1 Å². The monoisotopic (exact) mass is 304 g/mol. The maximum atomic E-state index is 10.2. The minimum atomic E-state index is -0.182. The molecule has 1 aromatic carbocycles. The summed E-state index contributed by atoms with van der Waals surface area (Å²) in [5.74, 6) is 0. The SMILES string of the molecule is CCCCCCCCCC(O)Cc1csc2ccccc12. The molecule has 1 aromatic heterocycles. The number of rotatable bonds is 10. The molecule has 0 spiro atoms. The Morgan fingerprint density at radius 2 is 1.71 bits per heavy atom. The van der Waals surface area contributed by atoms with E-state index < -0.39 is 0 Å². The number of hydrogen-bond acceptors (Lipinski definition) is 2. The predicted octanol–water partition coefficient (Wildman–Crippen LogP) is 5.95. The summed E-state index contributed by atoms with van der Waals surface area (Å²) in [7, 11) is 0. The molecule has 0 bridgehead atoms. The lowest BCUT2D eigenvalue weighted by atomic mass is 10.0. The lowest BCUT2D eigenvalue weighted by Crippen LogP contribution is -2.09. The van der Waals surface area contributed by atoms with E-state index in [1.807, 2.05) is 0 Å². The molecule has 1 nitrogen and oxygen atoms in total. The summed E-state index contributed by atoms with van der Waals surface area (Å²) in [6.45, 7) is 2.25. The average molecular weight is 304 g/mol. The minimum Gasteiger partial charge on any atom is -0.393 e. The second-order valence-corrected chi connectivity index (χ2v) is 6.94. The van der Waals surface area contributed by atoms with Gasteiger partial charge in [-0.3, -0.25) is 0 Å². The van der Waals surface area contributed by atoms with Crippen molar-refractivity contribution >= 4 is 21.4 Å². The van der Waals surface area contributed by atoms with Crippen molar-refractivity contribution in [2.75, 3.05) is 0 Å². The van der Waals surface area contributed by atoms with Crippen LogP contribution in [-0.4, -0.2) is 11.2 Å². The van der Waals surface area contributed by atoms with Gasteiger partial charge in [0.25, 0.3) is 0 Å². The lowest BCUT2D eigenvalue weighted by Gasteiger charge is -2.10. The fourth-order valence-corrected chi connectivity index (χ4v) is 3.86. The molecule has 2 aromatic rings. The predicted molar refractivity (Wildman–Crippen MR) is 94.1 cm³/mol. The van der Waals surface area contributed by atoms with E-state index in [1.54, 1.807) is 11.3 Å². The van der Waals surface area contributed by atoms with Crippen LogP contribution < -0.4 is 0 Å². The van der Waals surface area contributed by atoms with E-state index in [2.05, 4.69) is 36.6 Å². The zero-order valence-corrected chi connectivity index (χ0v) is 14.0. The van der Waals surface area contributed by atoms with Crippen molar-refractivity contribution in [1.82, 2.24) is 0 Å². The van der Waals surface area contributed by atoms with Gasteiger partial charge in [0.1, 0.15) is 0 Å². The van der Waals surface area contributed by atoms with Crippen molar-refractivity contribution in [3.05, 3.63) is 35.2 Å². The van der Waals surface area contributed by atoms with Gasteiger partial charge in [-0.2, -0.15) is 0 Å². The summed E-state index contributed by atoms with van der Waals surface area (Å²) in [5.41, 5.74) is 1.31. The highest BCUT2D eigenvalue weighted by atomic mass is 32.1. The van der Waals surface area contributed by atoms with E-state index in [-0.39, 0.29) is 6.10 Å². The van der Waals surface area contributed by atoms with Gasteiger partial charge in [0.15, 0.2) is 0 Å². The molecule has 1 N–H and O–H groups in total. The molecule has 0 aliphatic heterocycles. The summed E-state index contributed by atoms with van der Waals surface area (Å²) in [6, 6.07) is 8.49. The van der Waals surface area contributed by atoms with Crippen molar-refractivity contribution in [3.63, 3.8) is 0 Å². The van der Waals surface area contributed by atoms with Crippen molar-refractivity contribution in [2.45, 2.75) is 70.8 Å². The largest absolute Gasteiger partial charge is 0.393 e. The number of unbranched alkanes of at least 4 members (excludes halogenated alkanes) is 6. The summed E-state index contributed by atoms with van der Waals surface area (Å²) in [6.07, 6.45) is 10.7. The number of aliphatic hydroxyl groups excluding tert-OH is 1. The maximum Gasteiger partial charge on any atom is 0.0581 e. The molecule has 0 amide bonds. The van der Waals surface area contributed by atoms with Crippen LogP contribution >= 0.6 is 11.3 Å². The highest BCUT2D eigenvalue weighted by Crippen LogP contribution is 2.27. The Morgan fingerprint density at radius 1 is 1.00 bits per heavy atom. The molecule has 1 heterocycles. The van der Waals surface area contributed by atoms with E-state index >= 15 is 0 Å². The number of thiophene rings is 1. The first kappa shape index (κ1) is 16.5. The zero-order valence-electron chi connectivity index (χ0n) is 13.2. The molecule has 0 saturated heterocycles. The van der Waals surface area contributed by atoms with Gasteiger partial charge in [-0.05, 0) is 35.2 Å². The molecule has 0 saturated carbocycles. The Balaban J connectivity index is 1.66. The third-order valence-corrected chi connectivity index (χ3v) is 5.17. The Kier molecular flexibility index (Phi) is 7.25. The minimum absolute atomic E-state index is 0.182. The molecular formula is C19H28OS. The fraction of sp³-hybridized carbons (Fsp3) is 0.579. The van der Waals surface area contributed by atoms with Gasteiger partial charge in [-0.25, -0.2) is 0 Å². The van der Waals surface area contributed by atoms with Crippen LogP contribution in [0.4, 0.5) is 0 Å². The van der Waals surface area contributed by atoms with Gasteiger partial charge in [0, 0.05) is 4.70 Å². The molecule has 0 radical (unpaired) electrons. The molecule has 21 heavy (non-hydrogen) atoms. The first-order chi connectivity index (χ1) is 10.3. The van der Waals surface area contributed by atoms with Crippen LogP contribution in [0.15, 0.2) is 29.6 Å². The van der Waals surface area contributed by atoms with Crippen LogP contribution in [0.3, 0.4) is 0 Å². The van der Waals surface area contributed by atoms with Crippen LogP contribution in [0.5, 0.6) is 0 Å². The van der Waals surface area contributed by atoms with Crippen molar-refractivity contribution in [3.8, 4) is 0 Å². The van der Waals surface area contributed by atoms with Crippen LogP contribution in [-0.2, 0) is 6.42 Å². The standard InChI is InChI=1S/C19H28OS/c1-2-3-4-5-6-7-8-11-17(20)14-16-15-21-19-13-10-9-12-18(16)19/h9-10,12-13,15,17,20H,2-8,11,14H2,1H3. The second-order valence-electron chi connectivity index (χ2n) is 6.03. The highest BCUT2D eigenvalue weighted by Gasteiger charge is 2.09. The van der Waals surface area contributed by atoms with E-state index in [4.69, 9.17) is 0 Å². The number of fused-ring (bicyclic) bond motifs is 1. The summed E-state index contributed by atoms with van der Waals surface area (Å²) in [5, 5.41) is 13.8. The van der Waals surface area contributed by atoms with Gasteiger partial charge < -0.3 is 5.11 Å². The van der Waals surface area contributed by atoms with Crippen molar-refractivity contribution in [2.24, 2.45) is 0 Å². The zero-order chi connectivity index (χ0) is 14.9. The third kappa shape index (κ3) is 5.44. The average Bonchev–Trinajstić information content (AvgIpc) is 2.90. The quantitative estimate of drug-likeness (QED) is 0.538.